The Kier molecular flexibility index (Phi) is 5.16. The van der Waals surface area contributed by atoms with E-state index in [1.807, 2.05) is 0 Å². The van der Waals surface area contributed by atoms with E-state index in [9.17, 15) is 13.6 Å². The van der Waals surface area contributed by atoms with E-state index in [0.29, 0.717) is 11.4 Å². The van der Waals surface area contributed by atoms with Gasteiger partial charge in [0.25, 0.3) is 0 Å². The molecule has 0 aromatic heterocycles. The summed E-state index contributed by atoms with van der Waals surface area (Å²) in [6.07, 6.45) is 0. The number of rotatable bonds is 5. The lowest BCUT2D eigenvalue weighted by atomic mass is 10.2. The van der Waals surface area contributed by atoms with Crippen LogP contribution in [0.5, 0.6) is 5.75 Å². The normalized spacial score (nSPS) is 10.2. The molecule has 7 heteroatoms. The van der Waals surface area contributed by atoms with Gasteiger partial charge in [-0.1, -0.05) is 11.6 Å². The summed E-state index contributed by atoms with van der Waals surface area (Å²) in [5, 5.41) is 5.47. The molecule has 4 nitrogen and oxygen atoms in total. The Balaban J connectivity index is 1.98. The summed E-state index contributed by atoms with van der Waals surface area (Å²) >= 11 is 5.82. The van der Waals surface area contributed by atoms with Crippen molar-refractivity contribution in [1.29, 1.82) is 0 Å². The van der Waals surface area contributed by atoms with Crippen molar-refractivity contribution in [3.63, 3.8) is 0 Å². The van der Waals surface area contributed by atoms with Crippen LogP contribution in [0.3, 0.4) is 0 Å². The Morgan fingerprint density at radius 2 is 1.77 bits per heavy atom. The first-order valence-corrected chi connectivity index (χ1v) is 6.69. The van der Waals surface area contributed by atoms with Crippen LogP contribution in [-0.2, 0) is 4.79 Å². The van der Waals surface area contributed by atoms with Crippen molar-refractivity contribution < 1.29 is 18.3 Å². The third-order valence-electron chi connectivity index (χ3n) is 2.81. The molecule has 0 aliphatic heterocycles. The molecule has 0 saturated carbocycles. The molecule has 116 valence electrons. The molecule has 0 bridgehead atoms. The van der Waals surface area contributed by atoms with Gasteiger partial charge in [-0.3, -0.25) is 4.79 Å². The predicted molar refractivity (Wildman–Crippen MR) is 81.5 cm³/mol. The summed E-state index contributed by atoms with van der Waals surface area (Å²) < 4.78 is 31.0. The van der Waals surface area contributed by atoms with Crippen LogP contribution in [-0.4, -0.2) is 19.6 Å². The zero-order chi connectivity index (χ0) is 16.1. The van der Waals surface area contributed by atoms with E-state index in [0.717, 1.165) is 6.07 Å². The molecule has 0 unspecified atom stereocenters. The van der Waals surface area contributed by atoms with Crippen molar-refractivity contribution in [1.82, 2.24) is 0 Å². The van der Waals surface area contributed by atoms with Gasteiger partial charge < -0.3 is 15.4 Å². The summed E-state index contributed by atoms with van der Waals surface area (Å²) in [6, 6.07) is 7.59. The van der Waals surface area contributed by atoms with Crippen molar-refractivity contribution in [2.45, 2.75) is 0 Å². The Labute approximate surface area is 131 Å². The van der Waals surface area contributed by atoms with E-state index in [2.05, 4.69) is 10.6 Å². The molecule has 1 amide bonds. The number of carbonyl (C=O) groups is 1. The lowest BCUT2D eigenvalue weighted by molar-refractivity contribution is -0.114. The van der Waals surface area contributed by atoms with E-state index in [1.165, 1.54) is 37.4 Å². The standard InChI is InChI=1S/C15H13ClF2N2O2/c1-22-14-7-10(18)3-5-13(14)19-8-15(21)20-12-4-2-9(17)6-11(12)16/h2-7,19H,8H2,1H3,(H,20,21). The average Bonchev–Trinajstić information content (AvgIpc) is 2.48. The van der Waals surface area contributed by atoms with Gasteiger partial charge in [0.05, 0.1) is 30.1 Å². The smallest absolute Gasteiger partial charge is 0.243 e. The van der Waals surface area contributed by atoms with Crippen LogP contribution in [0.2, 0.25) is 5.02 Å². The molecule has 2 rings (SSSR count). The highest BCUT2D eigenvalue weighted by atomic mass is 35.5. The van der Waals surface area contributed by atoms with E-state index in [4.69, 9.17) is 16.3 Å². The fourth-order valence-corrected chi connectivity index (χ4v) is 1.99. The van der Waals surface area contributed by atoms with E-state index in [1.54, 1.807) is 0 Å². The summed E-state index contributed by atoms with van der Waals surface area (Å²) in [7, 11) is 1.40. The van der Waals surface area contributed by atoms with Crippen LogP contribution in [0.4, 0.5) is 20.2 Å². The highest BCUT2D eigenvalue weighted by molar-refractivity contribution is 6.33. The zero-order valence-corrected chi connectivity index (χ0v) is 12.4. The molecule has 2 N–H and O–H groups in total. The monoisotopic (exact) mass is 326 g/mol. The highest BCUT2D eigenvalue weighted by Gasteiger charge is 2.09. The maximum atomic E-state index is 13.1. The fourth-order valence-electron chi connectivity index (χ4n) is 1.77. The van der Waals surface area contributed by atoms with E-state index >= 15 is 0 Å². The summed E-state index contributed by atoms with van der Waals surface area (Å²) in [5.74, 6) is -1.03. The number of anilines is 2. The predicted octanol–water partition coefficient (Wildman–Crippen LogP) is 3.68. The lowest BCUT2D eigenvalue weighted by Gasteiger charge is -2.12. The van der Waals surface area contributed by atoms with Crippen LogP contribution in [0.15, 0.2) is 36.4 Å². The van der Waals surface area contributed by atoms with E-state index in [-0.39, 0.29) is 23.2 Å². The van der Waals surface area contributed by atoms with Gasteiger partial charge in [-0.05, 0) is 30.3 Å². The number of halogens is 3. The molecular formula is C15H13ClF2N2O2. The van der Waals surface area contributed by atoms with Crippen LogP contribution < -0.4 is 15.4 Å². The van der Waals surface area contributed by atoms with Crippen molar-refractivity contribution in [3.05, 3.63) is 53.1 Å². The Bertz CT molecular complexity index is 695. The number of hydrogen-bond acceptors (Lipinski definition) is 3. The molecule has 0 spiro atoms. The number of benzene rings is 2. The van der Waals surface area contributed by atoms with Crippen molar-refractivity contribution >= 4 is 28.9 Å². The van der Waals surface area contributed by atoms with Gasteiger partial charge in [-0.25, -0.2) is 8.78 Å². The van der Waals surface area contributed by atoms with Crippen LogP contribution in [0, 0.1) is 11.6 Å². The first kappa shape index (κ1) is 16.0. The number of carbonyl (C=O) groups excluding carboxylic acids is 1. The summed E-state index contributed by atoms with van der Waals surface area (Å²) in [5.41, 5.74) is 0.783. The molecule has 0 atom stereocenters. The Morgan fingerprint density at radius 1 is 1.14 bits per heavy atom. The third-order valence-corrected chi connectivity index (χ3v) is 3.12. The molecule has 2 aromatic rings. The second-order valence-corrected chi connectivity index (χ2v) is 4.78. The minimum Gasteiger partial charge on any atom is -0.494 e. The maximum absolute atomic E-state index is 13.1. The van der Waals surface area contributed by atoms with Gasteiger partial charge in [0.2, 0.25) is 5.91 Å². The van der Waals surface area contributed by atoms with Crippen molar-refractivity contribution in [2.75, 3.05) is 24.3 Å². The first-order chi connectivity index (χ1) is 10.5. The largest absolute Gasteiger partial charge is 0.494 e. The van der Waals surface area contributed by atoms with Crippen LogP contribution in [0.1, 0.15) is 0 Å². The van der Waals surface area contributed by atoms with Gasteiger partial charge in [-0.15, -0.1) is 0 Å². The molecule has 0 radical (unpaired) electrons. The Morgan fingerprint density at radius 3 is 2.41 bits per heavy atom. The maximum Gasteiger partial charge on any atom is 0.243 e. The van der Waals surface area contributed by atoms with Gasteiger partial charge in [0.1, 0.15) is 17.4 Å². The molecule has 22 heavy (non-hydrogen) atoms. The van der Waals surface area contributed by atoms with Gasteiger partial charge in [-0.2, -0.15) is 0 Å². The quantitative estimate of drug-likeness (QED) is 0.881. The molecular weight excluding hydrogens is 314 g/mol. The molecule has 0 heterocycles. The number of hydrogen-bond donors (Lipinski definition) is 2. The topological polar surface area (TPSA) is 50.4 Å². The fraction of sp³-hybridized carbons (Fsp3) is 0.133. The molecule has 0 saturated heterocycles. The second kappa shape index (κ2) is 7.09. The Hall–Kier alpha value is -2.34. The number of ether oxygens (including phenoxy) is 1. The van der Waals surface area contributed by atoms with Crippen LogP contribution in [0.25, 0.3) is 0 Å². The second-order valence-electron chi connectivity index (χ2n) is 4.37. The van der Waals surface area contributed by atoms with Crippen LogP contribution >= 0.6 is 11.6 Å². The average molecular weight is 327 g/mol. The van der Waals surface area contributed by atoms with Gasteiger partial charge in [0, 0.05) is 6.07 Å². The SMILES string of the molecule is COc1cc(F)ccc1NCC(=O)Nc1ccc(F)cc1Cl. The minimum atomic E-state index is -0.489. The number of amides is 1. The molecule has 0 aliphatic carbocycles. The highest BCUT2D eigenvalue weighted by Crippen LogP contribution is 2.25. The number of nitrogens with one attached hydrogen (secondary N) is 2. The first-order valence-electron chi connectivity index (χ1n) is 6.32. The van der Waals surface area contributed by atoms with E-state index < -0.39 is 11.6 Å². The van der Waals surface area contributed by atoms with Crippen molar-refractivity contribution in [2.24, 2.45) is 0 Å². The lowest BCUT2D eigenvalue weighted by Crippen LogP contribution is -2.22. The zero-order valence-electron chi connectivity index (χ0n) is 11.6. The summed E-state index contributed by atoms with van der Waals surface area (Å²) in [4.78, 5) is 11.8. The number of methoxy groups -OCH3 is 1. The summed E-state index contributed by atoms with van der Waals surface area (Å²) in [6.45, 7) is -0.0876. The van der Waals surface area contributed by atoms with Crippen molar-refractivity contribution in [3.8, 4) is 5.75 Å². The molecule has 2 aromatic carbocycles. The minimum absolute atomic E-state index is 0.0876. The third kappa shape index (κ3) is 4.08. The molecule has 0 aliphatic rings. The molecule has 0 fully saturated rings. The van der Waals surface area contributed by atoms with Gasteiger partial charge >= 0.3 is 0 Å². The van der Waals surface area contributed by atoms with Gasteiger partial charge in [0.15, 0.2) is 0 Å².